The van der Waals surface area contributed by atoms with Gasteiger partial charge in [-0.15, -0.1) is 0 Å². The van der Waals surface area contributed by atoms with Crippen LogP contribution in [0.2, 0.25) is 0 Å². The Hall–Kier alpha value is -2.92. The van der Waals surface area contributed by atoms with E-state index in [0.29, 0.717) is 24.9 Å². The number of benzene rings is 2. The molecular formula is C26H31N3O2. The van der Waals surface area contributed by atoms with Crippen molar-refractivity contribution in [1.29, 1.82) is 0 Å². The van der Waals surface area contributed by atoms with Gasteiger partial charge in [0.15, 0.2) is 0 Å². The van der Waals surface area contributed by atoms with Crippen LogP contribution in [0.3, 0.4) is 0 Å². The van der Waals surface area contributed by atoms with Crippen molar-refractivity contribution in [2.24, 2.45) is 11.8 Å². The van der Waals surface area contributed by atoms with Gasteiger partial charge >= 0.3 is 0 Å². The van der Waals surface area contributed by atoms with Gasteiger partial charge in [-0.3, -0.25) is 9.59 Å². The fraction of sp³-hybridized carbons (Fsp3) is 0.385. The van der Waals surface area contributed by atoms with Crippen molar-refractivity contribution < 1.29 is 9.59 Å². The van der Waals surface area contributed by atoms with Gasteiger partial charge in [0.05, 0.1) is 5.92 Å². The molecule has 4 rings (SSSR count). The minimum Gasteiger partial charge on any atom is -0.338 e. The second-order valence-corrected chi connectivity index (χ2v) is 8.94. The first-order chi connectivity index (χ1) is 15.0. The standard InChI is InChI=1S/C26H31N3O2/c1-18(2)16-29(17-21-15-27-14-20(21)12-19-8-4-3-5-9-19)26(31)23-13-25(30)28-24-11-7-6-10-22(23)24/h3-11,20-21,23,27H,1,12-17H2,2H3,(H,28,30)/t20-,21+,23?/m1/s1. The summed E-state index contributed by atoms with van der Waals surface area (Å²) in [6, 6.07) is 18.2. The van der Waals surface area contributed by atoms with Crippen molar-refractivity contribution in [2.75, 3.05) is 31.5 Å². The Morgan fingerprint density at radius 2 is 1.77 bits per heavy atom. The summed E-state index contributed by atoms with van der Waals surface area (Å²) in [6.07, 6.45) is 1.20. The highest BCUT2D eigenvalue weighted by Gasteiger charge is 2.36. The Balaban J connectivity index is 1.53. The summed E-state index contributed by atoms with van der Waals surface area (Å²) in [6.45, 7) is 9.07. The highest BCUT2D eigenvalue weighted by atomic mass is 16.2. The number of para-hydroxylation sites is 1. The van der Waals surface area contributed by atoms with Crippen molar-refractivity contribution in [2.45, 2.75) is 25.7 Å². The number of carbonyl (C=O) groups is 2. The summed E-state index contributed by atoms with van der Waals surface area (Å²) in [5.41, 5.74) is 3.94. The maximum atomic E-state index is 13.7. The molecule has 0 spiro atoms. The minimum atomic E-state index is -0.439. The number of hydrogen-bond acceptors (Lipinski definition) is 3. The summed E-state index contributed by atoms with van der Waals surface area (Å²) in [7, 11) is 0. The highest BCUT2D eigenvalue weighted by molar-refractivity contribution is 6.01. The van der Waals surface area contributed by atoms with E-state index in [1.165, 1.54) is 5.56 Å². The molecule has 0 aromatic heterocycles. The third-order valence-electron chi connectivity index (χ3n) is 6.35. The van der Waals surface area contributed by atoms with E-state index in [0.717, 1.165) is 36.3 Å². The molecule has 2 aromatic rings. The van der Waals surface area contributed by atoms with Crippen LogP contribution >= 0.6 is 0 Å². The van der Waals surface area contributed by atoms with Gasteiger partial charge in [0.2, 0.25) is 11.8 Å². The van der Waals surface area contributed by atoms with E-state index in [1.54, 1.807) is 0 Å². The summed E-state index contributed by atoms with van der Waals surface area (Å²) < 4.78 is 0. The second kappa shape index (κ2) is 9.48. The number of anilines is 1. The third-order valence-corrected chi connectivity index (χ3v) is 6.35. The van der Waals surface area contributed by atoms with Gasteiger partial charge < -0.3 is 15.5 Å². The van der Waals surface area contributed by atoms with E-state index in [2.05, 4.69) is 41.5 Å². The molecule has 0 aliphatic carbocycles. The number of nitrogens with one attached hydrogen (secondary N) is 2. The quantitative estimate of drug-likeness (QED) is 0.677. The van der Waals surface area contributed by atoms with E-state index in [1.807, 2.05) is 42.2 Å². The van der Waals surface area contributed by atoms with E-state index in [4.69, 9.17) is 0 Å². The van der Waals surface area contributed by atoms with E-state index >= 15 is 0 Å². The Kier molecular flexibility index (Phi) is 6.52. The molecule has 2 aliphatic heterocycles. The maximum Gasteiger partial charge on any atom is 0.231 e. The topological polar surface area (TPSA) is 61.4 Å². The van der Waals surface area contributed by atoms with Crippen LogP contribution < -0.4 is 10.6 Å². The van der Waals surface area contributed by atoms with Crippen LogP contribution in [0.4, 0.5) is 5.69 Å². The summed E-state index contributed by atoms with van der Waals surface area (Å²) in [4.78, 5) is 27.9. The van der Waals surface area contributed by atoms with Crippen molar-refractivity contribution in [3.8, 4) is 0 Å². The number of amides is 2. The Morgan fingerprint density at radius 3 is 2.55 bits per heavy atom. The zero-order chi connectivity index (χ0) is 21.8. The van der Waals surface area contributed by atoms with Gasteiger partial charge in [-0.25, -0.2) is 0 Å². The molecule has 2 heterocycles. The molecule has 2 aliphatic rings. The van der Waals surface area contributed by atoms with E-state index < -0.39 is 5.92 Å². The molecule has 1 saturated heterocycles. The fourth-order valence-electron chi connectivity index (χ4n) is 4.85. The van der Waals surface area contributed by atoms with Crippen molar-refractivity contribution in [3.05, 3.63) is 77.9 Å². The second-order valence-electron chi connectivity index (χ2n) is 8.94. The molecular weight excluding hydrogens is 386 g/mol. The summed E-state index contributed by atoms with van der Waals surface area (Å²) in [5.74, 6) is 0.333. The zero-order valence-electron chi connectivity index (χ0n) is 18.1. The molecule has 1 unspecified atom stereocenters. The Labute approximate surface area is 184 Å². The Bertz CT molecular complexity index is 956. The Morgan fingerprint density at radius 1 is 1.06 bits per heavy atom. The molecule has 2 aromatic carbocycles. The molecule has 3 atom stereocenters. The van der Waals surface area contributed by atoms with E-state index in [9.17, 15) is 9.59 Å². The monoisotopic (exact) mass is 417 g/mol. The fourth-order valence-corrected chi connectivity index (χ4v) is 4.85. The predicted octanol–water partition coefficient (Wildman–Crippen LogP) is 3.60. The SMILES string of the molecule is C=C(C)CN(C[C@@H]1CNC[C@H]1Cc1ccccc1)C(=O)C1CC(=O)Nc2ccccc21. The largest absolute Gasteiger partial charge is 0.338 e. The van der Waals surface area contributed by atoms with Crippen LogP contribution in [-0.2, 0) is 16.0 Å². The van der Waals surface area contributed by atoms with Crippen molar-refractivity contribution in [3.63, 3.8) is 0 Å². The first-order valence-corrected chi connectivity index (χ1v) is 11.1. The van der Waals surface area contributed by atoms with Crippen LogP contribution in [0.5, 0.6) is 0 Å². The van der Waals surface area contributed by atoms with Gasteiger partial charge in [0.1, 0.15) is 0 Å². The number of carbonyl (C=O) groups excluding carboxylic acids is 2. The first kappa shape index (κ1) is 21.3. The smallest absolute Gasteiger partial charge is 0.231 e. The molecule has 0 radical (unpaired) electrons. The average Bonchev–Trinajstić information content (AvgIpc) is 3.19. The van der Waals surface area contributed by atoms with Gasteiger partial charge in [-0.05, 0) is 55.5 Å². The molecule has 5 heteroatoms. The minimum absolute atomic E-state index is 0.0238. The maximum absolute atomic E-state index is 13.7. The molecule has 162 valence electrons. The van der Waals surface area contributed by atoms with Gasteiger partial charge in [0.25, 0.3) is 0 Å². The third kappa shape index (κ3) is 5.05. The first-order valence-electron chi connectivity index (χ1n) is 11.1. The normalized spacial score (nSPS) is 22.5. The molecule has 31 heavy (non-hydrogen) atoms. The van der Waals surface area contributed by atoms with Crippen LogP contribution in [0.1, 0.15) is 30.4 Å². The van der Waals surface area contributed by atoms with Crippen molar-refractivity contribution in [1.82, 2.24) is 10.2 Å². The van der Waals surface area contributed by atoms with E-state index in [-0.39, 0.29) is 18.2 Å². The summed E-state index contributed by atoms with van der Waals surface area (Å²) in [5, 5.41) is 6.41. The van der Waals surface area contributed by atoms with Crippen LogP contribution in [0.25, 0.3) is 0 Å². The molecule has 5 nitrogen and oxygen atoms in total. The lowest BCUT2D eigenvalue weighted by molar-refractivity contribution is -0.135. The van der Waals surface area contributed by atoms with Gasteiger partial charge in [-0.2, -0.15) is 0 Å². The van der Waals surface area contributed by atoms with Crippen molar-refractivity contribution >= 4 is 17.5 Å². The lowest BCUT2D eigenvalue weighted by Crippen LogP contribution is -2.43. The van der Waals surface area contributed by atoms with Gasteiger partial charge in [-0.1, -0.05) is 60.7 Å². The molecule has 2 N–H and O–H groups in total. The van der Waals surface area contributed by atoms with Crippen LogP contribution in [0.15, 0.2) is 66.7 Å². The lowest BCUT2D eigenvalue weighted by Gasteiger charge is -2.33. The molecule has 1 fully saturated rings. The average molecular weight is 418 g/mol. The number of rotatable bonds is 7. The number of fused-ring (bicyclic) bond motifs is 1. The van der Waals surface area contributed by atoms with Crippen LogP contribution in [-0.4, -0.2) is 42.9 Å². The lowest BCUT2D eigenvalue weighted by atomic mass is 9.87. The molecule has 0 saturated carbocycles. The number of hydrogen-bond donors (Lipinski definition) is 2. The van der Waals surface area contributed by atoms with Crippen LogP contribution in [0, 0.1) is 11.8 Å². The molecule has 2 amide bonds. The summed E-state index contributed by atoms with van der Waals surface area (Å²) >= 11 is 0. The van der Waals surface area contributed by atoms with Gasteiger partial charge in [0, 0.05) is 25.2 Å². The zero-order valence-corrected chi connectivity index (χ0v) is 18.1. The number of nitrogens with zero attached hydrogens (tertiary/aromatic N) is 1. The highest BCUT2D eigenvalue weighted by Crippen LogP contribution is 2.34. The molecule has 0 bridgehead atoms. The predicted molar refractivity (Wildman–Crippen MR) is 124 cm³/mol.